The van der Waals surface area contributed by atoms with E-state index in [9.17, 15) is 20.1 Å². The van der Waals surface area contributed by atoms with Crippen molar-refractivity contribution < 1.29 is 23.8 Å². The molecule has 0 atom stereocenters. The fourth-order valence-corrected chi connectivity index (χ4v) is 6.40. The Morgan fingerprint density at radius 2 is 1.60 bits per heavy atom. The first-order chi connectivity index (χ1) is 23.0. The summed E-state index contributed by atoms with van der Waals surface area (Å²) in [5.41, 5.74) is 2.90. The maximum absolute atomic E-state index is 12.0. The Balaban J connectivity index is 1.38. The summed E-state index contributed by atoms with van der Waals surface area (Å²) in [5.74, 6) is 0.585. The number of aromatic nitrogens is 2. The Hall–Kier alpha value is -4.62. The number of halogens is 1. The molecule has 0 saturated carbocycles. The van der Waals surface area contributed by atoms with Crippen molar-refractivity contribution in [3.8, 4) is 39.6 Å². The fraction of sp³-hybridized carbons (Fsp3) is 0.314. The topological polar surface area (TPSA) is 147 Å². The molecule has 0 bridgehead atoms. The Morgan fingerprint density at radius 1 is 0.938 bits per heavy atom. The smallest absolute Gasteiger partial charge is 0.306 e. The zero-order valence-corrected chi connectivity index (χ0v) is 29.4. The van der Waals surface area contributed by atoms with E-state index in [1.807, 2.05) is 29.6 Å². The van der Waals surface area contributed by atoms with E-state index in [2.05, 4.69) is 22.4 Å². The highest BCUT2D eigenvalue weighted by molar-refractivity contribution is 7.98. The van der Waals surface area contributed by atoms with Crippen LogP contribution in [0.1, 0.15) is 56.9 Å². The Morgan fingerprint density at radius 3 is 2.25 bits per heavy atom. The van der Waals surface area contributed by atoms with Crippen molar-refractivity contribution >= 4 is 52.5 Å². The van der Waals surface area contributed by atoms with Crippen LogP contribution in [-0.4, -0.2) is 47.8 Å². The SMILES string of the molecule is CNc1nc(SCc2csc(-c3ccc(Cl)cc3)n2)c(C#N)c(-c2ccc(OCCOC(=O)CCCC(=O)OC(C)(C)C)cc2)c1C#N. The number of thioether (sulfide) groups is 1. The van der Waals surface area contributed by atoms with Gasteiger partial charge in [-0.3, -0.25) is 9.59 Å². The summed E-state index contributed by atoms with van der Waals surface area (Å²) < 4.78 is 16.2. The molecule has 0 amide bonds. The lowest BCUT2D eigenvalue weighted by atomic mass is 9.96. The number of nitrogens with one attached hydrogen (secondary N) is 1. The third kappa shape index (κ3) is 10.2. The Kier molecular flexibility index (Phi) is 12.8. The second-order valence-electron chi connectivity index (χ2n) is 11.3. The molecule has 0 aliphatic carbocycles. The number of pyridine rings is 1. The van der Waals surface area contributed by atoms with Crippen LogP contribution < -0.4 is 10.1 Å². The fourth-order valence-electron chi connectivity index (χ4n) is 4.47. The highest BCUT2D eigenvalue weighted by Crippen LogP contribution is 2.38. The maximum atomic E-state index is 12.0. The van der Waals surface area contributed by atoms with Crippen molar-refractivity contribution in [3.63, 3.8) is 0 Å². The van der Waals surface area contributed by atoms with Gasteiger partial charge in [-0.1, -0.05) is 47.6 Å². The zero-order valence-electron chi connectivity index (χ0n) is 27.0. The van der Waals surface area contributed by atoms with Crippen molar-refractivity contribution in [3.05, 3.63) is 75.8 Å². The van der Waals surface area contributed by atoms with Crippen molar-refractivity contribution in [1.82, 2.24) is 9.97 Å². The van der Waals surface area contributed by atoms with Crippen molar-refractivity contribution in [2.45, 2.75) is 56.4 Å². The molecule has 1 N–H and O–H groups in total. The van der Waals surface area contributed by atoms with Gasteiger partial charge in [0.2, 0.25) is 0 Å². The summed E-state index contributed by atoms with van der Waals surface area (Å²) in [7, 11) is 1.68. The van der Waals surface area contributed by atoms with Gasteiger partial charge in [0.05, 0.1) is 11.3 Å². The lowest BCUT2D eigenvalue weighted by Gasteiger charge is -2.19. The number of ether oxygens (including phenoxy) is 3. The van der Waals surface area contributed by atoms with Crippen LogP contribution in [0.4, 0.5) is 5.82 Å². The minimum absolute atomic E-state index is 0.0425. The predicted molar refractivity (Wildman–Crippen MR) is 187 cm³/mol. The molecule has 248 valence electrons. The summed E-state index contributed by atoms with van der Waals surface area (Å²) in [6, 6.07) is 18.9. The lowest BCUT2D eigenvalue weighted by molar-refractivity contribution is -0.155. The van der Waals surface area contributed by atoms with Gasteiger partial charge in [0.1, 0.15) is 58.1 Å². The normalized spacial score (nSPS) is 10.9. The highest BCUT2D eigenvalue weighted by atomic mass is 35.5. The number of carbonyl (C=O) groups excluding carboxylic acids is 2. The molecule has 0 radical (unpaired) electrons. The third-order valence-electron chi connectivity index (χ3n) is 6.56. The predicted octanol–water partition coefficient (Wildman–Crippen LogP) is 8.04. The van der Waals surface area contributed by atoms with E-state index in [0.717, 1.165) is 16.3 Å². The number of anilines is 1. The van der Waals surface area contributed by atoms with Crippen LogP contribution in [0.5, 0.6) is 5.75 Å². The average molecular weight is 704 g/mol. The molecule has 13 heteroatoms. The molecule has 0 saturated heterocycles. The van der Waals surface area contributed by atoms with Gasteiger partial charge in [0.15, 0.2) is 0 Å². The van der Waals surface area contributed by atoms with E-state index in [1.54, 1.807) is 52.1 Å². The van der Waals surface area contributed by atoms with Crippen LogP contribution in [0, 0.1) is 22.7 Å². The van der Waals surface area contributed by atoms with E-state index in [-0.39, 0.29) is 43.2 Å². The first-order valence-corrected chi connectivity index (χ1v) is 17.3. The summed E-state index contributed by atoms with van der Waals surface area (Å²) in [4.78, 5) is 33.2. The van der Waals surface area contributed by atoms with Crippen molar-refractivity contribution in [1.29, 1.82) is 10.5 Å². The summed E-state index contributed by atoms with van der Waals surface area (Å²) in [5, 5.41) is 27.3. The maximum Gasteiger partial charge on any atom is 0.306 e. The second-order valence-corrected chi connectivity index (χ2v) is 13.6. The first-order valence-electron chi connectivity index (χ1n) is 15.0. The van der Waals surface area contributed by atoms with Crippen LogP contribution in [0.3, 0.4) is 0 Å². The third-order valence-corrected chi connectivity index (χ3v) is 8.77. The van der Waals surface area contributed by atoms with Crippen LogP contribution in [0.15, 0.2) is 58.9 Å². The molecule has 4 aromatic rings. The van der Waals surface area contributed by atoms with E-state index < -0.39 is 11.6 Å². The van der Waals surface area contributed by atoms with Crippen molar-refractivity contribution in [2.24, 2.45) is 0 Å². The van der Waals surface area contributed by atoms with Gasteiger partial charge in [0, 0.05) is 47.2 Å². The second kappa shape index (κ2) is 17.0. The number of rotatable bonds is 14. The van der Waals surface area contributed by atoms with Gasteiger partial charge in [-0.25, -0.2) is 9.97 Å². The molecule has 2 aromatic carbocycles. The van der Waals surface area contributed by atoms with Crippen LogP contribution in [-0.2, 0) is 24.8 Å². The van der Waals surface area contributed by atoms with E-state index in [1.165, 1.54) is 23.1 Å². The van der Waals surface area contributed by atoms with Gasteiger partial charge < -0.3 is 19.5 Å². The van der Waals surface area contributed by atoms with Gasteiger partial charge in [-0.2, -0.15) is 10.5 Å². The minimum atomic E-state index is -0.563. The van der Waals surface area contributed by atoms with Crippen LogP contribution in [0.2, 0.25) is 5.02 Å². The molecular formula is C35H34ClN5O5S2. The number of esters is 2. The number of benzene rings is 2. The van der Waals surface area contributed by atoms with E-state index in [4.69, 9.17) is 30.8 Å². The van der Waals surface area contributed by atoms with Crippen molar-refractivity contribution in [2.75, 3.05) is 25.6 Å². The standard InChI is InChI=1S/C35H34ClN5O5S2/c1-35(2,3)46-30(43)7-5-6-29(42)45-17-16-44-26-14-10-22(11-15-26)31-27(18-37)32(39-4)41-34(28(31)19-38)48-21-25-20-47-33(40-25)23-8-12-24(36)13-9-23/h8-15,20H,5-7,16-17,21H2,1-4H3,(H,39,41). The zero-order chi connectivity index (χ0) is 34.7. The number of nitriles is 2. The molecule has 0 unspecified atom stereocenters. The van der Waals surface area contributed by atoms with Crippen LogP contribution >= 0.6 is 34.7 Å². The monoisotopic (exact) mass is 703 g/mol. The first kappa shape index (κ1) is 36.2. The molecule has 0 aliphatic rings. The molecule has 0 spiro atoms. The van der Waals surface area contributed by atoms with E-state index in [0.29, 0.717) is 44.9 Å². The molecule has 0 fully saturated rings. The lowest BCUT2D eigenvalue weighted by Crippen LogP contribution is -2.23. The van der Waals surface area contributed by atoms with Gasteiger partial charge in [0.25, 0.3) is 0 Å². The van der Waals surface area contributed by atoms with E-state index >= 15 is 0 Å². The molecule has 0 aliphatic heterocycles. The Bertz CT molecular complexity index is 1820. The van der Waals surface area contributed by atoms with Gasteiger partial charge >= 0.3 is 11.9 Å². The number of thiazole rings is 1. The highest BCUT2D eigenvalue weighted by Gasteiger charge is 2.22. The number of carbonyl (C=O) groups is 2. The number of hydrogen-bond donors (Lipinski definition) is 1. The molecular weight excluding hydrogens is 670 g/mol. The van der Waals surface area contributed by atoms with Gasteiger partial charge in [-0.15, -0.1) is 11.3 Å². The minimum Gasteiger partial charge on any atom is -0.490 e. The molecule has 48 heavy (non-hydrogen) atoms. The summed E-state index contributed by atoms with van der Waals surface area (Å²) >= 11 is 8.91. The van der Waals surface area contributed by atoms with Gasteiger partial charge in [-0.05, 0) is 57.0 Å². The summed E-state index contributed by atoms with van der Waals surface area (Å²) in [6.45, 7) is 5.54. The molecule has 4 rings (SSSR count). The number of hydrogen-bond acceptors (Lipinski definition) is 12. The largest absolute Gasteiger partial charge is 0.490 e. The number of nitrogens with zero attached hydrogens (tertiary/aromatic N) is 4. The summed E-state index contributed by atoms with van der Waals surface area (Å²) in [6.07, 6.45) is 0.582. The molecule has 2 heterocycles. The quantitative estimate of drug-likeness (QED) is 0.0773. The Labute approximate surface area is 293 Å². The molecule has 2 aromatic heterocycles. The molecule has 10 nitrogen and oxygen atoms in total. The van der Waals surface area contributed by atoms with Crippen LogP contribution in [0.25, 0.3) is 21.7 Å². The average Bonchev–Trinajstić information content (AvgIpc) is 3.53.